The second-order valence-electron chi connectivity index (χ2n) is 7.45. The Morgan fingerprint density at radius 2 is 1.68 bits per heavy atom. The van der Waals surface area contributed by atoms with Crippen molar-refractivity contribution >= 4 is 34.7 Å². The summed E-state index contributed by atoms with van der Waals surface area (Å²) < 4.78 is 21.6. The van der Waals surface area contributed by atoms with Gasteiger partial charge in [0.05, 0.1) is 19.6 Å². The van der Waals surface area contributed by atoms with E-state index < -0.39 is 11.9 Å². The van der Waals surface area contributed by atoms with E-state index in [0.717, 1.165) is 32.1 Å². The monoisotopic (exact) mass is 425 g/mol. The minimum Gasteiger partial charge on any atom is -0.465 e. The molecular weight excluding hydrogens is 402 g/mol. The number of carbonyl (C=O) groups is 2. The number of ether oxygens (including phenoxy) is 3. The largest absolute Gasteiger partial charge is 0.465 e. The number of carbonyl (C=O) groups excluding carboxylic acids is 2. The van der Waals surface area contributed by atoms with Gasteiger partial charge in [0.1, 0.15) is 28.2 Å². The number of para-hydroxylation sites is 1. The lowest BCUT2D eigenvalue weighted by Crippen LogP contribution is -2.41. The van der Waals surface area contributed by atoms with E-state index in [4.69, 9.17) is 18.6 Å². The summed E-state index contributed by atoms with van der Waals surface area (Å²) in [6, 6.07) is 6.70. The minimum absolute atomic E-state index is 0.0148. The molecular formula is C23H23NO7. The van der Waals surface area contributed by atoms with Crippen LogP contribution in [0.25, 0.3) is 22.8 Å². The van der Waals surface area contributed by atoms with Crippen LogP contribution in [0.3, 0.4) is 0 Å². The van der Waals surface area contributed by atoms with E-state index in [1.165, 1.54) is 20.5 Å². The van der Waals surface area contributed by atoms with Gasteiger partial charge in [-0.1, -0.05) is 31.4 Å². The molecule has 4 rings (SSSR count). The molecule has 0 spiro atoms. The Morgan fingerprint density at radius 1 is 1.00 bits per heavy atom. The Bertz CT molecular complexity index is 1250. The highest BCUT2D eigenvalue weighted by atomic mass is 16.5. The summed E-state index contributed by atoms with van der Waals surface area (Å²) in [5, 5.41) is 3.56. The molecule has 0 radical (unpaired) electrons. The summed E-state index contributed by atoms with van der Waals surface area (Å²) in [4.78, 5) is 38.8. The predicted octanol–water partition coefficient (Wildman–Crippen LogP) is 1.19. The van der Waals surface area contributed by atoms with Gasteiger partial charge in [-0.2, -0.15) is 0 Å². The van der Waals surface area contributed by atoms with E-state index in [-0.39, 0.29) is 44.7 Å². The fourth-order valence-corrected chi connectivity index (χ4v) is 3.99. The van der Waals surface area contributed by atoms with Crippen LogP contribution in [0, 0.1) is 0 Å². The van der Waals surface area contributed by atoms with E-state index in [0.29, 0.717) is 5.39 Å². The lowest BCUT2D eigenvalue weighted by molar-refractivity contribution is -0.138. The van der Waals surface area contributed by atoms with Crippen molar-refractivity contribution in [2.45, 2.75) is 38.1 Å². The fraction of sp³-hybridized carbons (Fsp3) is 0.348. The molecule has 1 aromatic heterocycles. The second kappa shape index (κ2) is 8.67. The number of hydrogen-bond acceptors (Lipinski definition) is 8. The summed E-state index contributed by atoms with van der Waals surface area (Å²) >= 11 is 0. The number of nitrogens with one attached hydrogen (secondary N) is 1. The van der Waals surface area contributed by atoms with Crippen LogP contribution in [0.1, 0.15) is 32.1 Å². The molecule has 162 valence electrons. The smallest absolute Gasteiger partial charge is 0.344 e. The van der Waals surface area contributed by atoms with Crippen LogP contribution < -0.4 is 21.4 Å². The summed E-state index contributed by atoms with van der Waals surface area (Å²) in [7, 11) is 2.39. The number of methoxy groups -OCH3 is 2. The van der Waals surface area contributed by atoms with Gasteiger partial charge in [-0.25, -0.2) is 9.59 Å². The normalized spacial score (nSPS) is 16.6. The highest BCUT2D eigenvalue weighted by molar-refractivity contribution is 6.25. The maximum Gasteiger partial charge on any atom is 0.344 e. The molecule has 0 unspecified atom stereocenters. The summed E-state index contributed by atoms with van der Waals surface area (Å²) in [6.07, 6.45) is 6.22. The van der Waals surface area contributed by atoms with E-state index in [2.05, 4.69) is 5.32 Å². The third kappa shape index (κ3) is 3.81. The van der Waals surface area contributed by atoms with E-state index in [1.807, 2.05) is 0 Å². The second-order valence-corrected chi connectivity index (χ2v) is 7.45. The Labute approximate surface area is 177 Å². The average molecular weight is 425 g/mol. The van der Waals surface area contributed by atoms with E-state index in [1.54, 1.807) is 24.3 Å². The van der Waals surface area contributed by atoms with Crippen LogP contribution >= 0.6 is 0 Å². The fourth-order valence-electron chi connectivity index (χ4n) is 3.99. The van der Waals surface area contributed by atoms with Crippen molar-refractivity contribution in [1.29, 1.82) is 0 Å². The zero-order chi connectivity index (χ0) is 22.0. The first-order chi connectivity index (χ1) is 15.0. The molecule has 1 N–H and O–H groups in total. The van der Waals surface area contributed by atoms with Crippen LogP contribution in [0.5, 0.6) is 0 Å². The minimum atomic E-state index is -0.845. The van der Waals surface area contributed by atoms with Gasteiger partial charge in [0.15, 0.2) is 5.42 Å². The van der Waals surface area contributed by atoms with Crippen molar-refractivity contribution in [2.75, 3.05) is 14.2 Å². The van der Waals surface area contributed by atoms with E-state index in [9.17, 15) is 14.4 Å². The first kappa shape index (κ1) is 20.7. The SMILES string of the molecule is COC(=O)C1=C(NC2CCCCC2)OC=c2c(oc3ccccc3c2=O)=C1C(=O)OC. The summed E-state index contributed by atoms with van der Waals surface area (Å²) in [5.74, 6) is -1.62. The average Bonchev–Trinajstić information content (AvgIpc) is 2.96. The standard InChI is InChI=1S/C23H23NO7/c1-28-22(26)17-18(23(27)29-2)21(24-13-8-4-3-5-9-13)30-12-15-19(25)14-10-6-7-11-16(14)31-20(15)17/h6-7,10-13,24H,3-5,8-9H2,1-2H3. The quantitative estimate of drug-likeness (QED) is 0.729. The maximum atomic E-state index is 13.1. The molecule has 2 aliphatic rings. The maximum absolute atomic E-state index is 13.1. The van der Waals surface area contributed by atoms with Gasteiger partial charge >= 0.3 is 11.9 Å². The van der Waals surface area contributed by atoms with Gasteiger partial charge in [0.25, 0.3) is 0 Å². The zero-order valence-electron chi connectivity index (χ0n) is 17.4. The molecule has 8 nitrogen and oxygen atoms in total. The number of hydrogen-bond donors (Lipinski definition) is 1. The highest BCUT2D eigenvalue weighted by Gasteiger charge is 2.33. The molecule has 0 saturated heterocycles. The summed E-state index contributed by atoms with van der Waals surface area (Å²) in [6.45, 7) is 0. The molecule has 0 atom stereocenters. The van der Waals surface area contributed by atoms with Gasteiger partial charge in [-0.3, -0.25) is 4.79 Å². The molecule has 2 heterocycles. The molecule has 0 amide bonds. The molecule has 0 bridgehead atoms. The third-order valence-electron chi connectivity index (χ3n) is 5.55. The topological polar surface area (TPSA) is 104 Å². The van der Waals surface area contributed by atoms with Crippen molar-refractivity contribution in [3.8, 4) is 0 Å². The first-order valence-corrected chi connectivity index (χ1v) is 10.2. The molecule has 1 aromatic carbocycles. The molecule has 8 heteroatoms. The Morgan fingerprint density at radius 3 is 2.39 bits per heavy atom. The Hall–Kier alpha value is -3.55. The van der Waals surface area contributed by atoms with Gasteiger partial charge in [-0.15, -0.1) is 0 Å². The van der Waals surface area contributed by atoms with Crippen molar-refractivity contribution in [1.82, 2.24) is 5.32 Å². The third-order valence-corrected chi connectivity index (χ3v) is 5.55. The van der Waals surface area contributed by atoms with Crippen molar-refractivity contribution < 1.29 is 28.2 Å². The Kier molecular flexibility index (Phi) is 5.79. The van der Waals surface area contributed by atoms with Crippen LogP contribution in [-0.2, 0) is 23.8 Å². The van der Waals surface area contributed by atoms with Gasteiger partial charge in [0, 0.05) is 6.04 Å². The Balaban J connectivity index is 2.04. The predicted molar refractivity (Wildman–Crippen MR) is 112 cm³/mol. The van der Waals surface area contributed by atoms with Gasteiger partial charge < -0.3 is 23.9 Å². The number of fused-ring (bicyclic) bond motifs is 2. The number of rotatable bonds is 4. The zero-order valence-corrected chi connectivity index (χ0v) is 17.4. The van der Waals surface area contributed by atoms with Crippen LogP contribution in [-0.4, -0.2) is 32.2 Å². The van der Waals surface area contributed by atoms with Crippen LogP contribution in [0.4, 0.5) is 0 Å². The van der Waals surface area contributed by atoms with Gasteiger partial charge in [0.2, 0.25) is 11.3 Å². The molecule has 31 heavy (non-hydrogen) atoms. The van der Waals surface area contributed by atoms with Crippen molar-refractivity contribution in [3.63, 3.8) is 0 Å². The molecule has 1 aliphatic heterocycles. The molecule has 1 fully saturated rings. The highest BCUT2D eigenvalue weighted by Crippen LogP contribution is 2.24. The molecule has 1 aliphatic carbocycles. The molecule has 2 aromatic rings. The van der Waals surface area contributed by atoms with Crippen LogP contribution in [0.15, 0.2) is 44.9 Å². The lowest BCUT2D eigenvalue weighted by Gasteiger charge is -2.25. The number of esters is 2. The van der Waals surface area contributed by atoms with E-state index >= 15 is 0 Å². The van der Waals surface area contributed by atoms with Crippen molar-refractivity contribution in [3.05, 3.63) is 56.6 Å². The van der Waals surface area contributed by atoms with Gasteiger partial charge in [-0.05, 0) is 25.0 Å². The summed E-state index contributed by atoms with van der Waals surface area (Å²) in [5.41, 5.74) is -0.612. The number of benzene rings is 1. The first-order valence-electron chi connectivity index (χ1n) is 10.2. The van der Waals surface area contributed by atoms with Crippen LogP contribution in [0.2, 0.25) is 0 Å². The van der Waals surface area contributed by atoms with Crippen molar-refractivity contribution in [2.24, 2.45) is 0 Å². The molecule has 1 saturated carbocycles. The lowest BCUT2D eigenvalue weighted by atomic mass is 9.95.